The molecule has 0 aromatic heterocycles. The zero-order valence-corrected chi connectivity index (χ0v) is 11.6. The maximum Gasteiger partial charge on any atom is 0.0246 e. The highest BCUT2D eigenvalue weighted by molar-refractivity contribution is 4.92. The summed E-state index contributed by atoms with van der Waals surface area (Å²) in [5, 5.41) is 0. The van der Waals surface area contributed by atoms with Crippen LogP contribution in [0.2, 0.25) is 0 Å². The van der Waals surface area contributed by atoms with Gasteiger partial charge in [-0.25, -0.2) is 0 Å². The van der Waals surface area contributed by atoms with Crippen molar-refractivity contribution in [3.8, 4) is 0 Å². The summed E-state index contributed by atoms with van der Waals surface area (Å²) < 4.78 is 0. The van der Waals surface area contributed by atoms with Gasteiger partial charge < -0.3 is 0 Å². The normalized spacial score (nSPS) is 27.9. The third-order valence-corrected chi connectivity index (χ3v) is 4.48. The molecule has 0 aliphatic heterocycles. The second kappa shape index (κ2) is 6.02. The van der Waals surface area contributed by atoms with Crippen molar-refractivity contribution in [3.63, 3.8) is 0 Å². The van der Waals surface area contributed by atoms with Crippen LogP contribution in [0.5, 0.6) is 0 Å². The quantitative estimate of drug-likeness (QED) is 0.537. The van der Waals surface area contributed by atoms with E-state index >= 15 is 0 Å². The number of hydrazine groups is 1. The van der Waals surface area contributed by atoms with E-state index in [0.29, 0.717) is 11.5 Å². The van der Waals surface area contributed by atoms with E-state index in [-0.39, 0.29) is 0 Å². The van der Waals surface area contributed by atoms with E-state index in [2.05, 4.69) is 33.1 Å². The van der Waals surface area contributed by atoms with Crippen LogP contribution >= 0.6 is 0 Å². The molecule has 96 valence electrons. The topological polar surface area (TPSA) is 38.0 Å². The van der Waals surface area contributed by atoms with Crippen molar-refractivity contribution in [2.75, 3.05) is 0 Å². The SMILES string of the molecule is CCCC(C)CC(NN)C1CCCC1(C)C. The fourth-order valence-electron chi connectivity index (χ4n) is 3.49. The van der Waals surface area contributed by atoms with Gasteiger partial charge in [-0.2, -0.15) is 0 Å². The Morgan fingerprint density at radius 3 is 2.56 bits per heavy atom. The fourth-order valence-corrected chi connectivity index (χ4v) is 3.49. The molecule has 3 unspecified atom stereocenters. The average molecular weight is 226 g/mol. The zero-order valence-electron chi connectivity index (χ0n) is 11.6. The first-order chi connectivity index (χ1) is 7.51. The first kappa shape index (κ1) is 14.0. The summed E-state index contributed by atoms with van der Waals surface area (Å²) in [4.78, 5) is 0. The van der Waals surface area contributed by atoms with Gasteiger partial charge in [0.2, 0.25) is 0 Å². The van der Waals surface area contributed by atoms with Crippen LogP contribution in [0.1, 0.15) is 66.2 Å². The first-order valence-electron chi connectivity index (χ1n) is 6.97. The molecule has 3 N–H and O–H groups in total. The highest BCUT2D eigenvalue weighted by Crippen LogP contribution is 2.45. The van der Waals surface area contributed by atoms with Gasteiger partial charge in [0.15, 0.2) is 0 Å². The van der Waals surface area contributed by atoms with Crippen LogP contribution in [0.4, 0.5) is 0 Å². The van der Waals surface area contributed by atoms with Crippen molar-refractivity contribution in [2.24, 2.45) is 23.1 Å². The summed E-state index contributed by atoms with van der Waals surface area (Å²) in [6.45, 7) is 9.43. The van der Waals surface area contributed by atoms with Gasteiger partial charge in [0.05, 0.1) is 0 Å². The third-order valence-electron chi connectivity index (χ3n) is 4.48. The molecule has 0 bridgehead atoms. The van der Waals surface area contributed by atoms with E-state index in [1.54, 1.807) is 0 Å². The molecule has 1 aliphatic rings. The summed E-state index contributed by atoms with van der Waals surface area (Å²) in [5.41, 5.74) is 3.56. The Hall–Kier alpha value is -0.0800. The van der Waals surface area contributed by atoms with Gasteiger partial charge in [-0.1, -0.05) is 47.0 Å². The van der Waals surface area contributed by atoms with Gasteiger partial charge in [-0.15, -0.1) is 0 Å². The average Bonchev–Trinajstić information content (AvgIpc) is 2.55. The third kappa shape index (κ3) is 3.46. The summed E-state index contributed by atoms with van der Waals surface area (Å²) in [7, 11) is 0. The van der Waals surface area contributed by atoms with Gasteiger partial charge in [-0.05, 0) is 36.5 Å². The van der Waals surface area contributed by atoms with Gasteiger partial charge in [0.25, 0.3) is 0 Å². The molecule has 1 rings (SSSR count). The van der Waals surface area contributed by atoms with Crippen LogP contribution in [-0.2, 0) is 0 Å². The fraction of sp³-hybridized carbons (Fsp3) is 1.00. The predicted molar refractivity (Wildman–Crippen MR) is 70.9 cm³/mol. The Balaban J connectivity index is 2.53. The van der Waals surface area contributed by atoms with Crippen molar-refractivity contribution in [3.05, 3.63) is 0 Å². The molecule has 0 radical (unpaired) electrons. The van der Waals surface area contributed by atoms with Crippen LogP contribution in [0.15, 0.2) is 0 Å². The van der Waals surface area contributed by atoms with E-state index in [1.165, 1.54) is 38.5 Å². The summed E-state index contributed by atoms with van der Waals surface area (Å²) >= 11 is 0. The molecule has 0 aromatic carbocycles. The van der Waals surface area contributed by atoms with E-state index in [0.717, 1.165) is 11.8 Å². The molecular formula is C14H30N2. The smallest absolute Gasteiger partial charge is 0.0246 e. The van der Waals surface area contributed by atoms with Crippen molar-refractivity contribution >= 4 is 0 Å². The van der Waals surface area contributed by atoms with Gasteiger partial charge in [-0.3, -0.25) is 11.3 Å². The Morgan fingerprint density at radius 1 is 1.44 bits per heavy atom. The molecule has 2 nitrogen and oxygen atoms in total. The Kier molecular flexibility index (Phi) is 5.26. The lowest BCUT2D eigenvalue weighted by Crippen LogP contribution is -2.45. The maximum atomic E-state index is 5.77. The highest BCUT2D eigenvalue weighted by atomic mass is 15.2. The number of hydrogen-bond donors (Lipinski definition) is 2. The number of rotatable bonds is 6. The Labute approximate surface area is 101 Å². The van der Waals surface area contributed by atoms with Crippen molar-refractivity contribution in [1.29, 1.82) is 0 Å². The van der Waals surface area contributed by atoms with Crippen molar-refractivity contribution in [2.45, 2.75) is 72.3 Å². The Bertz CT molecular complexity index is 201. The predicted octanol–water partition coefficient (Wildman–Crippen LogP) is 3.47. The largest absolute Gasteiger partial charge is 0.271 e. The highest BCUT2D eigenvalue weighted by Gasteiger charge is 2.39. The minimum Gasteiger partial charge on any atom is -0.271 e. The van der Waals surface area contributed by atoms with Crippen LogP contribution < -0.4 is 11.3 Å². The van der Waals surface area contributed by atoms with Gasteiger partial charge in [0.1, 0.15) is 0 Å². The molecular weight excluding hydrogens is 196 g/mol. The van der Waals surface area contributed by atoms with E-state index in [1.807, 2.05) is 0 Å². The van der Waals surface area contributed by atoms with Gasteiger partial charge >= 0.3 is 0 Å². The second-order valence-corrected chi connectivity index (χ2v) is 6.39. The molecule has 1 saturated carbocycles. The molecule has 2 heteroatoms. The van der Waals surface area contributed by atoms with Crippen LogP contribution in [0.3, 0.4) is 0 Å². The van der Waals surface area contributed by atoms with Crippen molar-refractivity contribution < 1.29 is 0 Å². The summed E-state index contributed by atoms with van der Waals surface area (Å²) in [5.74, 6) is 7.32. The number of hydrogen-bond acceptors (Lipinski definition) is 2. The minimum atomic E-state index is 0.475. The molecule has 1 aliphatic carbocycles. The minimum absolute atomic E-state index is 0.475. The maximum absolute atomic E-state index is 5.77. The molecule has 0 amide bonds. The van der Waals surface area contributed by atoms with E-state index in [4.69, 9.17) is 5.84 Å². The zero-order chi connectivity index (χ0) is 12.2. The standard InChI is InChI=1S/C14H30N2/c1-5-7-11(2)10-13(16-15)12-8-6-9-14(12,3)4/h11-13,16H,5-10,15H2,1-4H3. The first-order valence-corrected chi connectivity index (χ1v) is 6.97. The van der Waals surface area contributed by atoms with Crippen LogP contribution in [-0.4, -0.2) is 6.04 Å². The Morgan fingerprint density at radius 2 is 2.12 bits per heavy atom. The molecule has 0 aromatic rings. The van der Waals surface area contributed by atoms with E-state index in [9.17, 15) is 0 Å². The van der Waals surface area contributed by atoms with Gasteiger partial charge in [0, 0.05) is 6.04 Å². The lowest BCUT2D eigenvalue weighted by Gasteiger charge is -2.35. The lowest BCUT2D eigenvalue weighted by molar-refractivity contribution is 0.176. The number of nitrogens with one attached hydrogen (secondary N) is 1. The molecule has 0 heterocycles. The molecule has 1 fully saturated rings. The van der Waals surface area contributed by atoms with E-state index < -0.39 is 0 Å². The molecule has 0 spiro atoms. The molecule has 16 heavy (non-hydrogen) atoms. The summed E-state index contributed by atoms with van der Waals surface area (Å²) in [6, 6.07) is 0.513. The number of nitrogens with two attached hydrogens (primary N) is 1. The molecule has 3 atom stereocenters. The summed E-state index contributed by atoms with van der Waals surface area (Å²) in [6.07, 6.45) is 7.92. The lowest BCUT2D eigenvalue weighted by atomic mass is 9.75. The molecule has 0 saturated heterocycles. The second-order valence-electron chi connectivity index (χ2n) is 6.39. The van der Waals surface area contributed by atoms with Crippen molar-refractivity contribution in [1.82, 2.24) is 5.43 Å². The van der Waals surface area contributed by atoms with Crippen LogP contribution in [0, 0.1) is 17.3 Å². The van der Waals surface area contributed by atoms with Crippen LogP contribution in [0.25, 0.3) is 0 Å². The monoisotopic (exact) mass is 226 g/mol.